The van der Waals surface area contributed by atoms with Crippen LogP contribution < -0.4 is 37.9 Å². The topological polar surface area (TPSA) is 214 Å². The molecule has 132 heavy (non-hydrogen) atoms. The summed E-state index contributed by atoms with van der Waals surface area (Å²) in [4.78, 5) is 85.3. The Bertz CT molecular complexity index is 6930. The SMILES string of the molecule is COc1cc(C)cc2c1C(=O)/C(=C/c1ccc(C)cc1)O2.Cc1ccc(/C=C2\Oc3cc(C)ccc3C2=O)cc1.Cc1ccc(/C=C2\Oc3cc(O)ccc3C2=O)cc1.Cc1ccc(/C=C2\Oc3ccc(Br)cc3C2=O)cc1.Cc1ccc(/C=C2\Oc3ccccc3C2=O)cc1.Cc1cccc(/C=C2\Oc3ccccc3C2=O)c1.Cc1ccccc1/C=C1\Oc2ccccc2C1=O. The molecule has 17 heteroatoms. The molecule has 21 rings (SSSR count). The van der Waals surface area contributed by atoms with E-state index in [4.69, 9.17) is 37.9 Å². The number of phenols is 1. The number of Topliss-reactive ketones (excluding diaryl/α,β-unsaturated/α-hetero) is 7. The van der Waals surface area contributed by atoms with Gasteiger partial charge in [0.25, 0.3) is 0 Å². The zero-order valence-electron chi connectivity index (χ0n) is 73.9. The maximum Gasteiger partial charge on any atom is 0.235 e. The molecule has 14 aromatic carbocycles. The van der Waals surface area contributed by atoms with Gasteiger partial charge in [0, 0.05) is 10.5 Å². The Morgan fingerprint density at radius 2 is 0.561 bits per heavy atom. The van der Waals surface area contributed by atoms with E-state index in [2.05, 4.69) is 15.9 Å². The maximum absolute atomic E-state index is 12.5. The highest BCUT2D eigenvalue weighted by molar-refractivity contribution is 9.10. The Kier molecular flexibility index (Phi) is 27.9. The number of halogens is 1. The fraction of sp³-hybridized carbons (Fsp3) is 0.0870. The van der Waals surface area contributed by atoms with E-state index in [1.807, 2.05) is 323 Å². The number of para-hydroxylation sites is 3. The molecule has 7 aliphatic rings. The summed E-state index contributed by atoms with van der Waals surface area (Å²) in [6.07, 6.45) is 12.4. The number of aryl methyl sites for hydroxylation is 9. The third-order valence-corrected chi connectivity index (χ3v) is 22.1. The van der Waals surface area contributed by atoms with E-state index in [0.717, 1.165) is 71.2 Å². The molecule has 16 nitrogen and oxygen atoms in total. The van der Waals surface area contributed by atoms with Crippen LogP contribution in [0.1, 0.15) is 162 Å². The highest BCUT2D eigenvalue weighted by Gasteiger charge is 2.35. The van der Waals surface area contributed by atoms with Crippen LogP contribution in [-0.2, 0) is 0 Å². The summed E-state index contributed by atoms with van der Waals surface area (Å²) < 4.78 is 45.3. The van der Waals surface area contributed by atoms with Gasteiger partial charge in [-0.1, -0.05) is 262 Å². The second kappa shape index (κ2) is 40.7. The molecule has 7 heterocycles. The van der Waals surface area contributed by atoms with Crippen molar-refractivity contribution in [3.05, 3.63) is 482 Å². The maximum atomic E-state index is 12.5. The second-order valence-corrected chi connectivity index (χ2v) is 33.0. The summed E-state index contributed by atoms with van der Waals surface area (Å²) in [5.41, 5.74) is 21.1. The Balaban J connectivity index is 0.000000118. The molecule has 0 fully saturated rings. The number of hydrogen-bond acceptors (Lipinski definition) is 16. The van der Waals surface area contributed by atoms with Crippen molar-refractivity contribution in [3.63, 3.8) is 0 Å². The van der Waals surface area contributed by atoms with Gasteiger partial charge >= 0.3 is 0 Å². The largest absolute Gasteiger partial charge is 0.508 e. The van der Waals surface area contributed by atoms with Crippen molar-refractivity contribution >= 4 is 98.9 Å². The van der Waals surface area contributed by atoms with E-state index in [1.54, 1.807) is 86.0 Å². The van der Waals surface area contributed by atoms with Crippen LogP contribution in [0.5, 0.6) is 51.7 Å². The molecule has 0 bridgehead atoms. The van der Waals surface area contributed by atoms with Crippen molar-refractivity contribution in [1.82, 2.24) is 0 Å². The van der Waals surface area contributed by atoms with E-state index < -0.39 is 0 Å². The molecule has 0 aromatic heterocycles. The summed E-state index contributed by atoms with van der Waals surface area (Å²) in [5, 5.41) is 9.38. The van der Waals surface area contributed by atoms with Gasteiger partial charge in [-0.15, -0.1) is 0 Å². The molecule has 14 aromatic rings. The first-order chi connectivity index (χ1) is 63.7. The van der Waals surface area contributed by atoms with Crippen LogP contribution in [0.2, 0.25) is 0 Å². The van der Waals surface area contributed by atoms with Crippen LogP contribution in [0.25, 0.3) is 42.5 Å². The summed E-state index contributed by atoms with van der Waals surface area (Å²) in [7, 11) is 1.56. The highest BCUT2D eigenvalue weighted by atomic mass is 79.9. The molecule has 7 aliphatic heterocycles. The number of phenolic OH excluding ortho intramolecular Hbond substituents is 1. The minimum atomic E-state index is -0.157. The Hall–Kier alpha value is -16.4. The van der Waals surface area contributed by atoms with E-state index in [0.29, 0.717) is 119 Å². The second-order valence-electron chi connectivity index (χ2n) is 32.1. The lowest BCUT2D eigenvalue weighted by molar-refractivity contribution is 0.100. The summed E-state index contributed by atoms with van der Waals surface area (Å²) in [6.45, 7) is 18.1. The van der Waals surface area contributed by atoms with E-state index >= 15 is 0 Å². The van der Waals surface area contributed by atoms with Crippen molar-refractivity contribution in [2.24, 2.45) is 0 Å². The number of allylic oxidation sites excluding steroid dienone is 7. The molecule has 0 saturated carbocycles. The Morgan fingerprint density at radius 3 is 0.970 bits per heavy atom. The minimum Gasteiger partial charge on any atom is -0.508 e. The molecular formula is C115H89BrO16. The number of hydrogen-bond donors (Lipinski definition) is 1. The predicted molar refractivity (Wildman–Crippen MR) is 519 cm³/mol. The van der Waals surface area contributed by atoms with Crippen molar-refractivity contribution < 1.29 is 76.6 Å². The number of carbonyl (C=O) groups excluding carboxylic acids is 7. The lowest BCUT2D eigenvalue weighted by Gasteiger charge is -2.05. The summed E-state index contributed by atoms with van der Waals surface area (Å²) in [6, 6.07) is 96.7. The number of carbonyl (C=O) groups is 7. The molecular weight excluding hydrogens is 1720 g/mol. The van der Waals surface area contributed by atoms with E-state index in [1.165, 1.54) is 34.4 Å². The van der Waals surface area contributed by atoms with Gasteiger partial charge in [-0.05, 0) is 251 Å². The predicted octanol–water partition coefficient (Wildman–Crippen LogP) is 26.4. The molecule has 652 valence electrons. The highest BCUT2D eigenvalue weighted by Crippen LogP contribution is 2.42. The zero-order chi connectivity index (χ0) is 92.8. The minimum absolute atomic E-state index is 0.0458. The number of methoxy groups -OCH3 is 1. The van der Waals surface area contributed by atoms with Crippen LogP contribution in [0.3, 0.4) is 0 Å². The van der Waals surface area contributed by atoms with Gasteiger partial charge in [0.1, 0.15) is 57.3 Å². The summed E-state index contributed by atoms with van der Waals surface area (Å²) in [5.74, 6) is 6.80. The quantitative estimate of drug-likeness (QED) is 0.140. The number of fused-ring (bicyclic) bond motifs is 7. The molecule has 0 amide bonds. The van der Waals surface area contributed by atoms with Crippen molar-refractivity contribution in [1.29, 1.82) is 0 Å². The van der Waals surface area contributed by atoms with Gasteiger partial charge < -0.3 is 43.0 Å². The average Bonchev–Trinajstić information content (AvgIpc) is 1.62. The fourth-order valence-corrected chi connectivity index (χ4v) is 14.8. The monoisotopic (exact) mass is 1800 g/mol. The third kappa shape index (κ3) is 21.9. The van der Waals surface area contributed by atoms with Gasteiger partial charge in [-0.3, -0.25) is 33.6 Å². The normalized spacial score (nSPS) is 15.4. The lowest BCUT2D eigenvalue weighted by Crippen LogP contribution is -2.00. The first-order valence-electron chi connectivity index (χ1n) is 42.5. The molecule has 0 aliphatic carbocycles. The molecule has 0 spiro atoms. The summed E-state index contributed by atoms with van der Waals surface area (Å²) >= 11 is 3.36. The molecule has 0 atom stereocenters. The molecule has 0 saturated heterocycles. The number of ether oxygens (including phenoxy) is 8. The number of aromatic hydroxyl groups is 1. The van der Waals surface area contributed by atoms with Crippen molar-refractivity contribution in [2.75, 3.05) is 7.11 Å². The van der Waals surface area contributed by atoms with Gasteiger partial charge in [-0.2, -0.15) is 0 Å². The Morgan fingerprint density at radius 1 is 0.242 bits per heavy atom. The lowest BCUT2D eigenvalue weighted by atomic mass is 10.1. The first kappa shape index (κ1) is 90.4. The first-order valence-corrected chi connectivity index (χ1v) is 43.3. The Labute approximate surface area is 773 Å². The standard InChI is InChI=1S/C18H16O3.C17H14O2.C16H11BrO2.C16H12O3.3C16H12O2/c1-11-4-6-13(7-5-11)10-16-18(19)17-14(20-3)8-12(2)9-15(17)21-16;1-11-3-6-13(7-4-11)10-16-17(18)14-8-5-12(2)9-15(14)19-16;1-10-2-4-11(5-3-10)8-15-16(18)13-9-12(17)6-7-14(13)19-15;1-10-2-4-11(5-3-10)8-15-16(18)13-7-6-12(17)9-14(13)19-15;1-11-5-4-6-12(9-11)10-15-16(17)13-7-2-3-8-14(13)18-15;1-11-6-2-3-7-12(11)10-15-16(17)13-8-4-5-9-14(13)18-15;1-11-6-8-12(9-7-11)10-15-16(17)13-4-2-3-5-14(13)18-15/h4-10H,1-3H3;3-10H,1-2H3;2-9H,1H3;2-9,17H,1H3;3*2-10H,1H3/b2*16-10-;2*15-8-;3*15-10-. The average molecular weight is 1810 g/mol. The van der Waals surface area contributed by atoms with Crippen LogP contribution in [0.15, 0.2) is 354 Å². The van der Waals surface area contributed by atoms with Crippen molar-refractivity contribution in [3.8, 4) is 51.7 Å². The number of rotatable bonds is 8. The van der Waals surface area contributed by atoms with E-state index in [-0.39, 0.29) is 52.0 Å². The number of ketones is 7. The van der Waals surface area contributed by atoms with Crippen molar-refractivity contribution in [2.45, 2.75) is 62.3 Å². The van der Waals surface area contributed by atoms with Gasteiger partial charge in [-0.25, -0.2) is 0 Å². The van der Waals surface area contributed by atoms with Crippen LogP contribution in [0.4, 0.5) is 0 Å². The van der Waals surface area contributed by atoms with E-state index in [9.17, 15) is 38.7 Å². The van der Waals surface area contributed by atoms with Crippen LogP contribution >= 0.6 is 15.9 Å². The van der Waals surface area contributed by atoms with Gasteiger partial charge in [0.05, 0.1) is 40.5 Å². The van der Waals surface area contributed by atoms with Gasteiger partial charge in [0.2, 0.25) is 40.5 Å². The van der Waals surface area contributed by atoms with Crippen LogP contribution in [0, 0.1) is 62.3 Å². The number of benzene rings is 14. The van der Waals surface area contributed by atoms with Gasteiger partial charge in [0.15, 0.2) is 40.3 Å². The third-order valence-electron chi connectivity index (χ3n) is 21.6. The fourth-order valence-electron chi connectivity index (χ4n) is 14.5. The molecule has 1 N–H and O–H groups in total. The smallest absolute Gasteiger partial charge is 0.235 e. The molecule has 0 unspecified atom stereocenters. The zero-order valence-corrected chi connectivity index (χ0v) is 75.5. The molecule has 0 radical (unpaired) electrons. The van der Waals surface area contributed by atoms with Crippen LogP contribution in [-0.4, -0.2) is 52.7 Å².